The molecule has 16 heavy (non-hydrogen) atoms. The van der Waals surface area contributed by atoms with Crippen LogP contribution in [0.5, 0.6) is 0 Å². The van der Waals surface area contributed by atoms with Gasteiger partial charge in [0.2, 0.25) is 0 Å². The summed E-state index contributed by atoms with van der Waals surface area (Å²) in [6, 6.07) is 2.82. The van der Waals surface area contributed by atoms with E-state index in [0.717, 1.165) is 24.9 Å². The van der Waals surface area contributed by atoms with Gasteiger partial charge < -0.3 is 5.32 Å². The molecule has 1 aliphatic carbocycles. The van der Waals surface area contributed by atoms with Crippen LogP contribution in [-0.2, 0) is 13.5 Å². The van der Waals surface area contributed by atoms with Crippen molar-refractivity contribution in [3.05, 3.63) is 18.0 Å². The Balaban J connectivity index is 1.67. The van der Waals surface area contributed by atoms with Crippen LogP contribution in [0.3, 0.4) is 0 Å². The van der Waals surface area contributed by atoms with Gasteiger partial charge in [0.25, 0.3) is 0 Å². The highest BCUT2D eigenvalue weighted by atomic mass is 15.3. The molecule has 0 spiro atoms. The van der Waals surface area contributed by atoms with E-state index in [2.05, 4.69) is 23.4 Å². The molecule has 1 unspecified atom stereocenters. The van der Waals surface area contributed by atoms with Gasteiger partial charge in [-0.05, 0) is 24.8 Å². The second-order valence-corrected chi connectivity index (χ2v) is 4.93. The van der Waals surface area contributed by atoms with Gasteiger partial charge in [-0.3, -0.25) is 4.68 Å². The summed E-state index contributed by atoms with van der Waals surface area (Å²) in [5, 5.41) is 7.85. The average Bonchev–Trinajstić information content (AvgIpc) is 3.01. The van der Waals surface area contributed by atoms with E-state index < -0.39 is 0 Å². The van der Waals surface area contributed by atoms with Gasteiger partial charge in [0.1, 0.15) is 0 Å². The zero-order valence-electron chi connectivity index (χ0n) is 10.4. The molecule has 1 heterocycles. The molecule has 1 aromatic rings. The molecule has 1 saturated carbocycles. The Hall–Kier alpha value is -0.830. The maximum Gasteiger partial charge on any atom is 0.0492 e. The highest BCUT2D eigenvalue weighted by Gasteiger charge is 2.24. The number of nitrogens with one attached hydrogen (secondary N) is 1. The van der Waals surface area contributed by atoms with E-state index in [9.17, 15) is 0 Å². The molecule has 0 saturated heterocycles. The van der Waals surface area contributed by atoms with Gasteiger partial charge in [0, 0.05) is 37.9 Å². The van der Waals surface area contributed by atoms with Crippen molar-refractivity contribution in [2.24, 2.45) is 13.0 Å². The zero-order chi connectivity index (χ0) is 11.4. The lowest BCUT2D eigenvalue weighted by Gasteiger charge is -2.16. The molecule has 0 amide bonds. The standard InChI is InChI=1S/C13H23N3/c1-3-12(10-11-4-5-11)14-8-6-13-7-9-15-16(13)2/h7,9,11-12,14H,3-6,8,10H2,1-2H3. The minimum Gasteiger partial charge on any atom is -0.314 e. The lowest BCUT2D eigenvalue weighted by molar-refractivity contribution is 0.446. The van der Waals surface area contributed by atoms with Crippen molar-refractivity contribution in [3.63, 3.8) is 0 Å². The van der Waals surface area contributed by atoms with Crippen LogP contribution in [0.1, 0.15) is 38.3 Å². The molecule has 1 N–H and O–H groups in total. The molecule has 1 fully saturated rings. The van der Waals surface area contributed by atoms with Gasteiger partial charge in [-0.25, -0.2) is 0 Å². The molecular weight excluding hydrogens is 198 g/mol. The lowest BCUT2D eigenvalue weighted by Crippen LogP contribution is -2.31. The molecule has 0 bridgehead atoms. The maximum absolute atomic E-state index is 4.18. The zero-order valence-corrected chi connectivity index (χ0v) is 10.4. The fraction of sp³-hybridized carbons (Fsp3) is 0.769. The summed E-state index contributed by atoms with van der Waals surface area (Å²) in [5.41, 5.74) is 1.31. The summed E-state index contributed by atoms with van der Waals surface area (Å²) >= 11 is 0. The van der Waals surface area contributed by atoms with Gasteiger partial charge in [-0.15, -0.1) is 0 Å². The number of nitrogens with zero attached hydrogens (tertiary/aromatic N) is 2. The normalized spacial score (nSPS) is 17.6. The first-order valence-corrected chi connectivity index (χ1v) is 6.50. The quantitative estimate of drug-likeness (QED) is 0.764. The predicted octanol–water partition coefficient (Wildman–Crippen LogP) is 2.13. The number of aromatic nitrogens is 2. The second-order valence-electron chi connectivity index (χ2n) is 4.93. The lowest BCUT2D eigenvalue weighted by atomic mass is 10.1. The van der Waals surface area contributed by atoms with Crippen molar-refractivity contribution in [3.8, 4) is 0 Å². The monoisotopic (exact) mass is 221 g/mol. The van der Waals surface area contributed by atoms with Crippen LogP contribution < -0.4 is 5.32 Å². The topological polar surface area (TPSA) is 29.9 Å². The SMILES string of the molecule is CCC(CC1CC1)NCCc1ccnn1C. The van der Waals surface area contributed by atoms with Crippen LogP contribution in [0.2, 0.25) is 0 Å². The third kappa shape index (κ3) is 3.34. The van der Waals surface area contributed by atoms with E-state index in [-0.39, 0.29) is 0 Å². The fourth-order valence-corrected chi connectivity index (χ4v) is 2.20. The number of rotatable bonds is 7. The van der Waals surface area contributed by atoms with Crippen LogP contribution in [-0.4, -0.2) is 22.4 Å². The molecule has 1 aromatic heterocycles. The van der Waals surface area contributed by atoms with Gasteiger partial charge in [-0.2, -0.15) is 5.10 Å². The van der Waals surface area contributed by atoms with Crippen LogP contribution in [0.25, 0.3) is 0 Å². The molecule has 0 aromatic carbocycles. The first-order valence-electron chi connectivity index (χ1n) is 6.50. The summed E-state index contributed by atoms with van der Waals surface area (Å²) in [4.78, 5) is 0. The van der Waals surface area contributed by atoms with Crippen molar-refractivity contribution in [2.45, 2.75) is 45.1 Å². The van der Waals surface area contributed by atoms with E-state index in [4.69, 9.17) is 0 Å². The number of hydrogen-bond donors (Lipinski definition) is 1. The summed E-state index contributed by atoms with van der Waals surface area (Å²) in [6.45, 7) is 3.36. The van der Waals surface area contributed by atoms with Crippen molar-refractivity contribution in [2.75, 3.05) is 6.54 Å². The van der Waals surface area contributed by atoms with E-state index >= 15 is 0 Å². The fourth-order valence-electron chi connectivity index (χ4n) is 2.20. The Bertz CT molecular complexity index is 315. The van der Waals surface area contributed by atoms with Gasteiger partial charge in [-0.1, -0.05) is 19.8 Å². The van der Waals surface area contributed by atoms with E-state index in [0.29, 0.717) is 0 Å². The first kappa shape index (κ1) is 11.6. The summed E-state index contributed by atoms with van der Waals surface area (Å²) in [7, 11) is 2.01. The van der Waals surface area contributed by atoms with Gasteiger partial charge >= 0.3 is 0 Å². The highest BCUT2D eigenvalue weighted by molar-refractivity contribution is 5.00. The van der Waals surface area contributed by atoms with E-state index in [1.165, 1.54) is 31.4 Å². The number of aryl methyl sites for hydroxylation is 1. The Morgan fingerprint density at radius 2 is 2.38 bits per heavy atom. The predicted molar refractivity (Wildman–Crippen MR) is 66.3 cm³/mol. The summed E-state index contributed by atoms with van der Waals surface area (Å²) in [6.07, 6.45) is 8.50. The first-order chi connectivity index (χ1) is 7.79. The molecule has 3 heteroatoms. The summed E-state index contributed by atoms with van der Waals surface area (Å²) in [5.74, 6) is 1.02. The minimum absolute atomic E-state index is 0.723. The van der Waals surface area contributed by atoms with E-state index in [1.807, 2.05) is 17.9 Å². The molecule has 1 aliphatic rings. The van der Waals surface area contributed by atoms with Crippen LogP contribution >= 0.6 is 0 Å². The third-order valence-electron chi connectivity index (χ3n) is 3.54. The smallest absolute Gasteiger partial charge is 0.0492 e. The Morgan fingerprint density at radius 1 is 1.56 bits per heavy atom. The molecule has 1 atom stereocenters. The summed E-state index contributed by atoms with van der Waals surface area (Å²) < 4.78 is 1.96. The molecular formula is C13H23N3. The Labute approximate surface area is 98.2 Å². The average molecular weight is 221 g/mol. The molecule has 0 aliphatic heterocycles. The second kappa shape index (κ2) is 5.48. The van der Waals surface area contributed by atoms with Crippen molar-refractivity contribution in [1.29, 1.82) is 0 Å². The molecule has 90 valence electrons. The van der Waals surface area contributed by atoms with Gasteiger partial charge in [0.05, 0.1) is 0 Å². The van der Waals surface area contributed by atoms with Crippen LogP contribution in [0.4, 0.5) is 0 Å². The Morgan fingerprint density at radius 3 is 2.94 bits per heavy atom. The van der Waals surface area contributed by atoms with E-state index in [1.54, 1.807) is 0 Å². The van der Waals surface area contributed by atoms with Crippen molar-refractivity contribution in [1.82, 2.24) is 15.1 Å². The van der Waals surface area contributed by atoms with Crippen molar-refractivity contribution >= 4 is 0 Å². The minimum atomic E-state index is 0.723. The molecule has 3 nitrogen and oxygen atoms in total. The third-order valence-corrected chi connectivity index (χ3v) is 3.54. The largest absolute Gasteiger partial charge is 0.314 e. The van der Waals surface area contributed by atoms with Gasteiger partial charge in [0.15, 0.2) is 0 Å². The van der Waals surface area contributed by atoms with Crippen molar-refractivity contribution < 1.29 is 0 Å². The highest BCUT2D eigenvalue weighted by Crippen LogP contribution is 2.33. The maximum atomic E-state index is 4.18. The van der Waals surface area contributed by atoms with Crippen LogP contribution in [0, 0.1) is 5.92 Å². The Kier molecular flexibility index (Phi) is 3.99. The molecule has 2 rings (SSSR count). The molecule has 0 radical (unpaired) electrons. The van der Waals surface area contributed by atoms with Crippen LogP contribution in [0.15, 0.2) is 12.3 Å². The number of hydrogen-bond acceptors (Lipinski definition) is 2.